The van der Waals surface area contributed by atoms with Crippen molar-refractivity contribution in [1.82, 2.24) is 4.98 Å². The molecule has 17 heavy (non-hydrogen) atoms. The van der Waals surface area contributed by atoms with Gasteiger partial charge in [-0.25, -0.2) is 4.98 Å². The maximum absolute atomic E-state index is 8.76. The molecule has 0 radical (unpaired) electrons. The molecule has 0 aliphatic rings. The number of nitrogens with zero attached hydrogens (tertiary/aromatic N) is 2. The standard InChI is InChI=1S/C13H10BrN3/c1-9-7-10(5-6-12(9)14)16-13-4-2-3-11(8-15)17-13/h2-7H,1H3,(H,16,17). The molecule has 0 saturated carbocycles. The molecule has 4 heteroatoms. The minimum atomic E-state index is 0.406. The molecule has 1 heterocycles. The molecular formula is C13H10BrN3. The fraction of sp³-hybridized carbons (Fsp3) is 0.0769. The maximum Gasteiger partial charge on any atom is 0.142 e. The third-order valence-electron chi connectivity index (χ3n) is 2.29. The lowest BCUT2D eigenvalue weighted by atomic mass is 10.2. The Bertz CT molecular complexity index is 587. The number of rotatable bonds is 2. The Labute approximate surface area is 108 Å². The van der Waals surface area contributed by atoms with E-state index in [2.05, 4.69) is 26.2 Å². The van der Waals surface area contributed by atoms with E-state index in [1.54, 1.807) is 12.1 Å². The van der Waals surface area contributed by atoms with E-state index in [0.29, 0.717) is 11.5 Å². The summed E-state index contributed by atoms with van der Waals surface area (Å²) in [4.78, 5) is 4.15. The second-order valence-electron chi connectivity index (χ2n) is 3.61. The maximum atomic E-state index is 8.76. The van der Waals surface area contributed by atoms with Gasteiger partial charge in [0.15, 0.2) is 0 Å². The van der Waals surface area contributed by atoms with E-state index in [-0.39, 0.29) is 0 Å². The Morgan fingerprint density at radius 2 is 2.12 bits per heavy atom. The second kappa shape index (κ2) is 4.98. The van der Waals surface area contributed by atoms with Crippen LogP contribution in [0.5, 0.6) is 0 Å². The minimum absolute atomic E-state index is 0.406. The molecule has 3 nitrogen and oxygen atoms in total. The Hall–Kier alpha value is -1.86. The van der Waals surface area contributed by atoms with Crippen molar-refractivity contribution in [3.63, 3.8) is 0 Å². The van der Waals surface area contributed by atoms with Gasteiger partial charge in [0.05, 0.1) is 0 Å². The molecule has 2 rings (SSSR count). The fourth-order valence-corrected chi connectivity index (χ4v) is 1.68. The van der Waals surface area contributed by atoms with Gasteiger partial charge in [-0.2, -0.15) is 5.26 Å². The van der Waals surface area contributed by atoms with Crippen LogP contribution in [0.1, 0.15) is 11.3 Å². The number of anilines is 2. The number of nitrogens with one attached hydrogen (secondary N) is 1. The average molecular weight is 288 g/mol. The Balaban J connectivity index is 2.25. The molecule has 1 N–H and O–H groups in total. The monoisotopic (exact) mass is 287 g/mol. The van der Waals surface area contributed by atoms with E-state index in [9.17, 15) is 0 Å². The van der Waals surface area contributed by atoms with Crippen molar-refractivity contribution in [1.29, 1.82) is 5.26 Å². The lowest BCUT2D eigenvalue weighted by Gasteiger charge is -2.07. The van der Waals surface area contributed by atoms with Crippen LogP contribution in [0.3, 0.4) is 0 Å². The van der Waals surface area contributed by atoms with E-state index >= 15 is 0 Å². The summed E-state index contributed by atoms with van der Waals surface area (Å²) in [7, 11) is 0. The first-order chi connectivity index (χ1) is 8.19. The van der Waals surface area contributed by atoms with E-state index in [0.717, 1.165) is 15.7 Å². The predicted octanol–water partition coefficient (Wildman–Crippen LogP) is 3.77. The highest BCUT2D eigenvalue weighted by Gasteiger charge is 2.00. The molecule has 0 amide bonds. The molecule has 0 spiro atoms. The minimum Gasteiger partial charge on any atom is -0.340 e. The van der Waals surface area contributed by atoms with Crippen LogP contribution in [-0.2, 0) is 0 Å². The normalized spacial score (nSPS) is 9.71. The SMILES string of the molecule is Cc1cc(Nc2cccc(C#N)n2)ccc1Br. The van der Waals surface area contributed by atoms with E-state index in [1.165, 1.54) is 0 Å². The smallest absolute Gasteiger partial charge is 0.142 e. The fourth-order valence-electron chi connectivity index (χ4n) is 1.44. The van der Waals surface area contributed by atoms with Crippen molar-refractivity contribution in [3.05, 3.63) is 52.1 Å². The summed E-state index contributed by atoms with van der Waals surface area (Å²) >= 11 is 3.45. The third kappa shape index (κ3) is 2.83. The molecule has 0 aliphatic heterocycles. The number of aryl methyl sites for hydroxylation is 1. The number of aromatic nitrogens is 1. The summed E-state index contributed by atoms with van der Waals surface area (Å²) in [5.41, 5.74) is 2.50. The number of hydrogen-bond donors (Lipinski definition) is 1. The highest BCUT2D eigenvalue weighted by molar-refractivity contribution is 9.10. The third-order valence-corrected chi connectivity index (χ3v) is 3.18. The van der Waals surface area contributed by atoms with Gasteiger partial charge in [0.25, 0.3) is 0 Å². The van der Waals surface area contributed by atoms with Crippen LogP contribution in [0.2, 0.25) is 0 Å². The number of nitriles is 1. The Morgan fingerprint density at radius 3 is 2.82 bits per heavy atom. The average Bonchev–Trinajstić information content (AvgIpc) is 2.34. The molecule has 0 bridgehead atoms. The first-order valence-corrected chi connectivity index (χ1v) is 5.88. The van der Waals surface area contributed by atoms with Crippen LogP contribution in [0.15, 0.2) is 40.9 Å². The molecule has 0 atom stereocenters. The van der Waals surface area contributed by atoms with Gasteiger partial charge in [0.1, 0.15) is 17.6 Å². The molecule has 1 aromatic carbocycles. The predicted molar refractivity (Wildman–Crippen MR) is 71.1 cm³/mol. The van der Waals surface area contributed by atoms with Crippen molar-refractivity contribution >= 4 is 27.4 Å². The molecule has 2 aromatic rings. The van der Waals surface area contributed by atoms with Gasteiger partial charge in [-0.15, -0.1) is 0 Å². The molecule has 0 fully saturated rings. The number of benzene rings is 1. The quantitative estimate of drug-likeness (QED) is 0.915. The van der Waals surface area contributed by atoms with Gasteiger partial charge < -0.3 is 5.32 Å². The van der Waals surface area contributed by atoms with Crippen LogP contribution in [-0.4, -0.2) is 4.98 Å². The Morgan fingerprint density at radius 1 is 1.29 bits per heavy atom. The van der Waals surface area contributed by atoms with Gasteiger partial charge in [-0.3, -0.25) is 0 Å². The topological polar surface area (TPSA) is 48.7 Å². The summed E-state index contributed by atoms with van der Waals surface area (Å²) in [5, 5.41) is 11.9. The van der Waals surface area contributed by atoms with Crippen molar-refractivity contribution in [2.45, 2.75) is 6.92 Å². The lowest BCUT2D eigenvalue weighted by molar-refractivity contribution is 1.25. The largest absolute Gasteiger partial charge is 0.340 e. The summed E-state index contributed by atoms with van der Waals surface area (Å²) in [6, 6.07) is 13.3. The number of pyridine rings is 1. The van der Waals surface area contributed by atoms with Gasteiger partial charge in [0, 0.05) is 10.2 Å². The molecule has 0 saturated heterocycles. The molecule has 84 valence electrons. The summed E-state index contributed by atoms with van der Waals surface area (Å²) in [6.45, 7) is 2.02. The van der Waals surface area contributed by atoms with Crippen molar-refractivity contribution in [2.75, 3.05) is 5.32 Å². The summed E-state index contributed by atoms with van der Waals surface area (Å²) < 4.78 is 1.07. The first kappa shape index (κ1) is 11.6. The van der Waals surface area contributed by atoms with Crippen molar-refractivity contribution in [2.24, 2.45) is 0 Å². The zero-order valence-electron chi connectivity index (χ0n) is 9.24. The first-order valence-electron chi connectivity index (χ1n) is 5.09. The van der Waals surface area contributed by atoms with Crippen LogP contribution in [0, 0.1) is 18.3 Å². The zero-order chi connectivity index (χ0) is 12.3. The zero-order valence-corrected chi connectivity index (χ0v) is 10.8. The number of hydrogen-bond acceptors (Lipinski definition) is 3. The lowest BCUT2D eigenvalue weighted by Crippen LogP contribution is -1.95. The molecule has 0 aliphatic carbocycles. The van der Waals surface area contributed by atoms with Gasteiger partial charge >= 0.3 is 0 Å². The Kier molecular flexibility index (Phi) is 3.40. The van der Waals surface area contributed by atoms with Crippen LogP contribution < -0.4 is 5.32 Å². The van der Waals surface area contributed by atoms with E-state index in [1.807, 2.05) is 37.3 Å². The van der Waals surface area contributed by atoms with Gasteiger partial charge in [-0.05, 0) is 42.8 Å². The highest BCUT2D eigenvalue weighted by atomic mass is 79.9. The molecular weight excluding hydrogens is 278 g/mol. The van der Waals surface area contributed by atoms with Crippen molar-refractivity contribution < 1.29 is 0 Å². The van der Waals surface area contributed by atoms with Crippen molar-refractivity contribution in [3.8, 4) is 6.07 Å². The van der Waals surface area contributed by atoms with Crippen LogP contribution >= 0.6 is 15.9 Å². The summed E-state index contributed by atoms with van der Waals surface area (Å²) in [6.07, 6.45) is 0. The van der Waals surface area contributed by atoms with E-state index in [4.69, 9.17) is 5.26 Å². The van der Waals surface area contributed by atoms with Gasteiger partial charge in [0.2, 0.25) is 0 Å². The van der Waals surface area contributed by atoms with E-state index < -0.39 is 0 Å². The van der Waals surface area contributed by atoms with Crippen LogP contribution in [0.4, 0.5) is 11.5 Å². The molecule has 0 unspecified atom stereocenters. The van der Waals surface area contributed by atoms with Crippen LogP contribution in [0.25, 0.3) is 0 Å². The highest BCUT2D eigenvalue weighted by Crippen LogP contribution is 2.22. The second-order valence-corrected chi connectivity index (χ2v) is 4.46. The van der Waals surface area contributed by atoms with Gasteiger partial charge in [-0.1, -0.05) is 22.0 Å². The summed E-state index contributed by atoms with van der Waals surface area (Å²) in [5.74, 6) is 0.672. The molecule has 1 aromatic heterocycles. The number of halogens is 1.